The van der Waals surface area contributed by atoms with E-state index < -0.39 is 6.04 Å². The summed E-state index contributed by atoms with van der Waals surface area (Å²) in [6.45, 7) is 5.92. The molecule has 4 aromatic rings. The molecule has 1 atom stereocenters. The molecule has 1 aromatic heterocycles. The van der Waals surface area contributed by atoms with E-state index in [0.717, 1.165) is 33.5 Å². The fourth-order valence-electron chi connectivity index (χ4n) is 4.16. The van der Waals surface area contributed by atoms with Gasteiger partial charge in [-0.05, 0) is 56.7 Å². The molecule has 1 unspecified atom stereocenters. The number of urea groups is 1. The van der Waals surface area contributed by atoms with Crippen LogP contribution in [-0.2, 0) is 0 Å². The summed E-state index contributed by atoms with van der Waals surface area (Å²) in [5.41, 5.74) is 6.15. The maximum absolute atomic E-state index is 13.3. The Bertz CT molecular complexity index is 1390. The van der Waals surface area contributed by atoms with Crippen molar-refractivity contribution < 1.29 is 9.32 Å². The van der Waals surface area contributed by atoms with Gasteiger partial charge in [-0.3, -0.25) is 4.90 Å². The Hall–Kier alpha value is -3.90. The smallest absolute Gasteiger partial charge is 0.326 e. The van der Waals surface area contributed by atoms with E-state index in [2.05, 4.69) is 10.5 Å². The second-order valence-electron chi connectivity index (χ2n) is 8.40. The zero-order valence-electron chi connectivity index (χ0n) is 19.0. The van der Waals surface area contributed by atoms with Crippen molar-refractivity contribution in [3.8, 4) is 11.4 Å². The van der Waals surface area contributed by atoms with Crippen LogP contribution in [0.2, 0.25) is 5.02 Å². The van der Waals surface area contributed by atoms with Crippen LogP contribution in [0.25, 0.3) is 17.0 Å². The van der Waals surface area contributed by atoms with E-state index in [1.165, 1.54) is 0 Å². The van der Waals surface area contributed by atoms with Crippen LogP contribution in [0.5, 0.6) is 0 Å². The third-order valence-electron chi connectivity index (χ3n) is 5.91. The number of carbonyl (C=O) groups excluding carboxylic acids is 1. The van der Waals surface area contributed by atoms with Crippen LogP contribution in [0, 0.1) is 13.8 Å². The monoisotopic (exact) mass is 470 g/mol. The maximum atomic E-state index is 13.3. The molecule has 0 fully saturated rings. The van der Waals surface area contributed by atoms with Crippen LogP contribution in [0.3, 0.4) is 0 Å². The fraction of sp³-hybridized carbons (Fsp3) is 0.148. The number of rotatable bonds is 4. The van der Waals surface area contributed by atoms with Gasteiger partial charge in [0.25, 0.3) is 5.89 Å². The van der Waals surface area contributed by atoms with Gasteiger partial charge in [0.2, 0.25) is 5.82 Å². The number of hydrogen-bond acceptors (Lipinski definition) is 4. The molecule has 0 saturated carbocycles. The molecule has 1 aliphatic heterocycles. The van der Waals surface area contributed by atoms with Gasteiger partial charge in [-0.2, -0.15) is 4.98 Å². The molecule has 0 saturated heterocycles. The zero-order valence-corrected chi connectivity index (χ0v) is 19.8. The van der Waals surface area contributed by atoms with Gasteiger partial charge in [0.05, 0.1) is 17.3 Å². The van der Waals surface area contributed by atoms with Crippen molar-refractivity contribution in [2.24, 2.45) is 0 Å². The Kier molecular flexibility index (Phi) is 5.67. The molecular formula is C27H23ClN4O2. The first-order valence-electron chi connectivity index (χ1n) is 11.0. The fourth-order valence-corrected chi connectivity index (χ4v) is 4.29. The van der Waals surface area contributed by atoms with Crippen molar-refractivity contribution in [3.63, 3.8) is 0 Å². The molecule has 34 heavy (non-hydrogen) atoms. The van der Waals surface area contributed by atoms with Crippen LogP contribution < -0.4 is 10.2 Å². The SMILES string of the molecule is CC1=C(c2nc(-c3cccc(C)c3)no2)C(c2ccc(Cl)cc2)NC(=O)N1c1ccc(C)cc1. The first-order chi connectivity index (χ1) is 16.4. The van der Waals surface area contributed by atoms with Gasteiger partial charge >= 0.3 is 6.03 Å². The second-order valence-corrected chi connectivity index (χ2v) is 8.83. The Labute approximate surface area is 202 Å². The third-order valence-corrected chi connectivity index (χ3v) is 6.16. The average molecular weight is 471 g/mol. The lowest BCUT2D eigenvalue weighted by Gasteiger charge is -2.35. The van der Waals surface area contributed by atoms with Crippen LogP contribution in [0.15, 0.2) is 83.0 Å². The molecule has 3 aromatic carbocycles. The number of carbonyl (C=O) groups is 1. The predicted molar refractivity (Wildman–Crippen MR) is 133 cm³/mol. The average Bonchev–Trinajstić information content (AvgIpc) is 3.30. The van der Waals surface area contributed by atoms with Crippen molar-refractivity contribution >= 4 is 28.9 Å². The Morgan fingerprint density at radius 2 is 1.68 bits per heavy atom. The van der Waals surface area contributed by atoms with Crippen molar-refractivity contribution in [1.29, 1.82) is 0 Å². The Morgan fingerprint density at radius 3 is 2.38 bits per heavy atom. The minimum Gasteiger partial charge on any atom is -0.334 e. The molecule has 0 aliphatic carbocycles. The van der Waals surface area contributed by atoms with Gasteiger partial charge in [0, 0.05) is 16.3 Å². The quantitative estimate of drug-likeness (QED) is 0.360. The molecular weight excluding hydrogens is 448 g/mol. The van der Waals surface area contributed by atoms with E-state index in [0.29, 0.717) is 22.4 Å². The molecule has 0 radical (unpaired) electrons. The summed E-state index contributed by atoms with van der Waals surface area (Å²) in [7, 11) is 0. The van der Waals surface area contributed by atoms with E-state index >= 15 is 0 Å². The highest BCUT2D eigenvalue weighted by molar-refractivity contribution is 6.30. The Balaban J connectivity index is 1.65. The number of benzene rings is 3. The standard InChI is InChI=1S/C27H23ClN4O2/c1-16-7-13-22(14-8-16)32-18(3)23(24(29-27(32)33)19-9-11-21(28)12-10-19)26-30-25(31-34-26)20-6-4-5-17(2)15-20/h4-15,24H,1-3H3,(H,29,33). The van der Waals surface area contributed by atoms with E-state index in [1.807, 2.05) is 81.4 Å². The summed E-state index contributed by atoms with van der Waals surface area (Å²) in [6.07, 6.45) is 0. The van der Waals surface area contributed by atoms with Crippen molar-refractivity contribution in [3.05, 3.63) is 106 Å². The number of aryl methyl sites for hydroxylation is 2. The van der Waals surface area contributed by atoms with Crippen molar-refractivity contribution in [1.82, 2.24) is 15.5 Å². The second kappa shape index (κ2) is 8.80. The molecule has 1 N–H and O–H groups in total. The molecule has 7 heteroatoms. The van der Waals surface area contributed by atoms with E-state index in [4.69, 9.17) is 21.1 Å². The van der Waals surface area contributed by atoms with Gasteiger partial charge in [0.1, 0.15) is 0 Å². The van der Waals surface area contributed by atoms with Crippen LogP contribution in [0.1, 0.15) is 35.5 Å². The normalized spacial score (nSPS) is 16.1. The summed E-state index contributed by atoms with van der Waals surface area (Å²) < 4.78 is 5.76. The summed E-state index contributed by atoms with van der Waals surface area (Å²) >= 11 is 6.11. The van der Waals surface area contributed by atoms with E-state index in [1.54, 1.807) is 17.0 Å². The largest absolute Gasteiger partial charge is 0.334 e. The lowest BCUT2D eigenvalue weighted by atomic mass is 9.94. The number of nitrogens with one attached hydrogen (secondary N) is 1. The number of hydrogen-bond donors (Lipinski definition) is 1. The number of nitrogens with zero attached hydrogens (tertiary/aromatic N) is 3. The molecule has 170 valence electrons. The number of amides is 2. The van der Waals surface area contributed by atoms with Crippen LogP contribution in [-0.4, -0.2) is 16.2 Å². The summed E-state index contributed by atoms with van der Waals surface area (Å²) in [5, 5.41) is 7.97. The minimum atomic E-state index is -0.475. The number of halogens is 1. The van der Waals surface area contributed by atoms with Gasteiger partial charge in [0.15, 0.2) is 0 Å². The molecule has 0 spiro atoms. The summed E-state index contributed by atoms with van der Waals surface area (Å²) in [6, 6.07) is 22.4. The third kappa shape index (κ3) is 4.08. The van der Waals surface area contributed by atoms with Gasteiger partial charge in [-0.25, -0.2) is 4.79 Å². The highest BCUT2D eigenvalue weighted by Crippen LogP contribution is 2.39. The number of anilines is 1. The number of allylic oxidation sites excluding steroid dienone is 1. The van der Waals surface area contributed by atoms with E-state index in [-0.39, 0.29) is 6.03 Å². The van der Waals surface area contributed by atoms with Gasteiger partial charge < -0.3 is 9.84 Å². The van der Waals surface area contributed by atoms with Gasteiger partial charge in [-0.15, -0.1) is 0 Å². The molecule has 5 rings (SSSR count). The molecule has 2 heterocycles. The lowest BCUT2D eigenvalue weighted by molar-refractivity contribution is 0.244. The topological polar surface area (TPSA) is 71.3 Å². The van der Waals surface area contributed by atoms with Crippen molar-refractivity contribution in [2.45, 2.75) is 26.8 Å². The highest BCUT2D eigenvalue weighted by atomic mass is 35.5. The first kappa shape index (κ1) is 21.9. The maximum Gasteiger partial charge on any atom is 0.326 e. The zero-order chi connectivity index (χ0) is 23.8. The lowest BCUT2D eigenvalue weighted by Crippen LogP contribution is -2.46. The first-order valence-corrected chi connectivity index (χ1v) is 11.3. The van der Waals surface area contributed by atoms with Gasteiger partial charge in [-0.1, -0.05) is 70.3 Å². The molecule has 2 amide bonds. The summed E-state index contributed by atoms with van der Waals surface area (Å²) in [5.74, 6) is 0.846. The molecule has 1 aliphatic rings. The minimum absolute atomic E-state index is 0.233. The van der Waals surface area contributed by atoms with Crippen molar-refractivity contribution in [2.75, 3.05) is 4.90 Å². The molecule has 0 bridgehead atoms. The molecule has 6 nitrogen and oxygen atoms in total. The summed E-state index contributed by atoms with van der Waals surface area (Å²) in [4.78, 5) is 19.6. The highest BCUT2D eigenvalue weighted by Gasteiger charge is 2.36. The van der Waals surface area contributed by atoms with E-state index in [9.17, 15) is 4.79 Å². The number of aromatic nitrogens is 2. The predicted octanol–water partition coefficient (Wildman–Crippen LogP) is 6.71. The van der Waals surface area contributed by atoms with Crippen LogP contribution in [0.4, 0.5) is 10.5 Å². The van der Waals surface area contributed by atoms with Crippen LogP contribution >= 0.6 is 11.6 Å². The Morgan fingerprint density at radius 1 is 0.941 bits per heavy atom.